The second-order valence-corrected chi connectivity index (χ2v) is 5.10. The lowest BCUT2D eigenvalue weighted by molar-refractivity contribution is -0.0695. The summed E-state index contributed by atoms with van der Waals surface area (Å²) in [5, 5.41) is 0. The van der Waals surface area contributed by atoms with Gasteiger partial charge in [0, 0.05) is 30.6 Å². The van der Waals surface area contributed by atoms with Crippen LogP contribution in [0, 0.1) is 0 Å². The van der Waals surface area contributed by atoms with Crippen LogP contribution >= 0.6 is 0 Å². The Morgan fingerprint density at radius 1 is 1.53 bits per heavy atom. The zero-order chi connectivity index (χ0) is 13.5. The highest BCUT2D eigenvalue weighted by Gasteiger charge is 2.22. The van der Waals surface area contributed by atoms with Crippen molar-refractivity contribution < 1.29 is 9.47 Å². The van der Waals surface area contributed by atoms with E-state index in [1.165, 1.54) is 6.42 Å². The van der Waals surface area contributed by atoms with Gasteiger partial charge in [-0.2, -0.15) is 0 Å². The summed E-state index contributed by atoms with van der Waals surface area (Å²) in [6, 6.07) is 3.94. The van der Waals surface area contributed by atoms with Crippen molar-refractivity contribution in [3.8, 4) is 0 Å². The van der Waals surface area contributed by atoms with Gasteiger partial charge < -0.3 is 15.2 Å². The van der Waals surface area contributed by atoms with E-state index in [1.54, 1.807) is 6.20 Å². The highest BCUT2D eigenvalue weighted by atomic mass is 16.5. The van der Waals surface area contributed by atoms with Crippen molar-refractivity contribution in [1.82, 2.24) is 4.98 Å². The smallest absolute Gasteiger partial charge is 0.0991 e. The Kier molecular flexibility index (Phi) is 5.76. The van der Waals surface area contributed by atoms with Crippen LogP contribution in [-0.2, 0) is 9.47 Å². The highest BCUT2D eigenvalue weighted by molar-refractivity contribution is 5.14. The summed E-state index contributed by atoms with van der Waals surface area (Å²) in [5.74, 6) is 0. The van der Waals surface area contributed by atoms with Crippen LogP contribution in [-0.4, -0.2) is 30.3 Å². The first kappa shape index (κ1) is 14.4. The van der Waals surface area contributed by atoms with Crippen LogP contribution in [0.4, 0.5) is 0 Å². The van der Waals surface area contributed by atoms with Crippen molar-refractivity contribution >= 4 is 0 Å². The molecule has 1 aromatic heterocycles. The Hall–Kier alpha value is -0.970. The predicted octanol–water partition coefficient (Wildman–Crippen LogP) is 2.45. The zero-order valence-corrected chi connectivity index (χ0v) is 11.6. The van der Waals surface area contributed by atoms with Gasteiger partial charge in [-0.25, -0.2) is 0 Å². The second-order valence-electron chi connectivity index (χ2n) is 5.10. The molecule has 3 unspecified atom stereocenters. The van der Waals surface area contributed by atoms with E-state index in [0.717, 1.165) is 31.4 Å². The summed E-state index contributed by atoms with van der Waals surface area (Å²) in [6.07, 6.45) is 8.08. The fourth-order valence-electron chi connectivity index (χ4n) is 2.38. The molecule has 0 aromatic carbocycles. The van der Waals surface area contributed by atoms with Crippen molar-refractivity contribution in [2.75, 3.05) is 13.2 Å². The van der Waals surface area contributed by atoms with E-state index in [1.807, 2.05) is 18.3 Å². The standard InChI is InChI=1S/C15H24N2O2/c1-2-14(16)15(12-6-5-8-17-10-12)19-11-13-7-3-4-9-18-13/h5-6,8,10,13-15H,2-4,7,9,11,16H2,1H3. The minimum atomic E-state index is -0.0933. The number of hydrogen-bond acceptors (Lipinski definition) is 4. The van der Waals surface area contributed by atoms with E-state index in [4.69, 9.17) is 15.2 Å². The van der Waals surface area contributed by atoms with E-state index in [0.29, 0.717) is 6.61 Å². The van der Waals surface area contributed by atoms with Crippen molar-refractivity contribution in [3.05, 3.63) is 30.1 Å². The molecule has 19 heavy (non-hydrogen) atoms. The van der Waals surface area contributed by atoms with Crippen molar-refractivity contribution in [2.45, 2.75) is 50.9 Å². The Morgan fingerprint density at radius 3 is 3.05 bits per heavy atom. The molecule has 0 spiro atoms. The lowest BCUT2D eigenvalue weighted by Crippen LogP contribution is -2.33. The van der Waals surface area contributed by atoms with Crippen LogP contribution in [0.1, 0.15) is 44.3 Å². The third-order valence-electron chi connectivity index (χ3n) is 3.61. The Bertz CT molecular complexity index is 352. The van der Waals surface area contributed by atoms with Crippen molar-refractivity contribution in [1.29, 1.82) is 0 Å². The maximum atomic E-state index is 6.17. The fraction of sp³-hybridized carbons (Fsp3) is 0.667. The topological polar surface area (TPSA) is 57.4 Å². The molecule has 1 aliphatic rings. The maximum absolute atomic E-state index is 6.17. The fourth-order valence-corrected chi connectivity index (χ4v) is 2.38. The number of ether oxygens (including phenoxy) is 2. The monoisotopic (exact) mass is 264 g/mol. The summed E-state index contributed by atoms with van der Waals surface area (Å²) >= 11 is 0. The second kappa shape index (κ2) is 7.58. The minimum Gasteiger partial charge on any atom is -0.376 e. The lowest BCUT2D eigenvalue weighted by atomic mass is 10.0. The average Bonchev–Trinajstić information content (AvgIpc) is 2.49. The van der Waals surface area contributed by atoms with E-state index >= 15 is 0 Å². The number of hydrogen-bond donors (Lipinski definition) is 1. The number of rotatable bonds is 6. The van der Waals surface area contributed by atoms with Gasteiger partial charge >= 0.3 is 0 Å². The molecule has 1 saturated heterocycles. The molecule has 2 heterocycles. The number of nitrogens with zero attached hydrogens (tertiary/aromatic N) is 1. The molecule has 4 heteroatoms. The molecular weight excluding hydrogens is 240 g/mol. The molecule has 106 valence electrons. The third kappa shape index (κ3) is 4.27. The van der Waals surface area contributed by atoms with Gasteiger partial charge in [0.25, 0.3) is 0 Å². The first-order chi connectivity index (χ1) is 9.31. The van der Waals surface area contributed by atoms with Gasteiger partial charge in [-0.15, -0.1) is 0 Å². The molecule has 0 amide bonds. The zero-order valence-electron chi connectivity index (χ0n) is 11.6. The summed E-state index contributed by atoms with van der Waals surface area (Å²) in [4.78, 5) is 4.15. The van der Waals surface area contributed by atoms with E-state index in [-0.39, 0.29) is 18.2 Å². The third-order valence-corrected chi connectivity index (χ3v) is 3.61. The first-order valence-electron chi connectivity index (χ1n) is 7.20. The van der Waals surface area contributed by atoms with Crippen molar-refractivity contribution in [3.63, 3.8) is 0 Å². The first-order valence-corrected chi connectivity index (χ1v) is 7.20. The Morgan fingerprint density at radius 2 is 2.42 bits per heavy atom. The molecule has 0 bridgehead atoms. The predicted molar refractivity (Wildman–Crippen MR) is 74.8 cm³/mol. The van der Waals surface area contributed by atoms with Gasteiger partial charge in [0.05, 0.1) is 18.8 Å². The number of nitrogens with two attached hydrogens (primary N) is 1. The van der Waals surface area contributed by atoms with Gasteiger partial charge in [0.15, 0.2) is 0 Å². The molecule has 1 aliphatic heterocycles. The van der Waals surface area contributed by atoms with Crippen LogP contribution in [0.15, 0.2) is 24.5 Å². The van der Waals surface area contributed by atoms with E-state index in [2.05, 4.69) is 11.9 Å². The van der Waals surface area contributed by atoms with Gasteiger partial charge in [-0.05, 0) is 31.7 Å². The summed E-state index contributed by atoms with van der Waals surface area (Å²) in [6.45, 7) is 3.55. The summed E-state index contributed by atoms with van der Waals surface area (Å²) in [5.41, 5.74) is 7.22. The molecule has 0 aliphatic carbocycles. The largest absolute Gasteiger partial charge is 0.376 e. The van der Waals surface area contributed by atoms with E-state index in [9.17, 15) is 0 Å². The van der Waals surface area contributed by atoms with Crippen LogP contribution in [0.25, 0.3) is 0 Å². The van der Waals surface area contributed by atoms with Crippen molar-refractivity contribution in [2.24, 2.45) is 5.73 Å². The SMILES string of the molecule is CCC(N)C(OCC1CCCCO1)c1cccnc1. The molecule has 1 aromatic rings. The van der Waals surface area contributed by atoms with Crippen LogP contribution in [0.2, 0.25) is 0 Å². The van der Waals surface area contributed by atoms with E-state index < -0.39 is 0 Å². The molecule has 0 saturated carbocycles. The van der Waals surface area contributed by atoms with Crippen LogP contribution in [0.3, 0.4) is 0 Å². The molecular formula is C15H24N2O2. The molecule has 1 fully saturated rings. The van der Waals surface area contributed by atoms with Gasteiger partial charge in [-0.3, -0.25) is 4.98 Å². The van der Waals surface area contributed by atoms with Gasteiger partial charge in [0.2, 0.25) is 0 Å². The molecule has 4 nitrogen and oxygen atoms in total. The molecule has 2 N–H and O–H groups in total. The summed E-state index contributed by atoms with van der Waals surface area (Å²) < 4.78 is 11.7. The Labute approximate surface area is 115 Å². The van der Waals surface area contributed by atoms with Crippen LogP contribution in [0.5, 0.6) is 0 Å². The Balaban J connectivity index is 1.94. The summed E-state index contributed by atoms with van der Waals surface area (Å²) in [7, 11) is 0. The van der Waals surface area contributed by atoms with Crippen LogP contribution < -0.4 is 5.73 Å². The van der Waals surface area contributed by atoms with Gasteiger partial charge in [-0.1, -0.05) is 13.0 Å². The lowest BCUT2D eigenvalue weighted by Gasteiger charge is -2.28. The normalized spacial score (nSPS) is 22.9. The quantitative estimate of drug-likeness (QED) is 0.857. The molecule has 0 radical (unpaired) electrons. The molecule has 2 rings (SSSR count). The number of pyridine rings is 1. The average molecular weight is 264 g/mol. The highest BCUT2D eigenvalue weighted by Crippen LogP contribution is 2.23. The minimum absolute atomic E-state index is 0.00668. The number of aromatic nitrogens is 1. The van der Waals surface area contributed by atoms with Gasteiger partial charge in [0.1, 0.15) is 0 Å². The maximum Gasteiger partial charge on any atom is 0.0991 e. The molecule has 3 atom stereocenters.